The van der Waals surface area contributed by atoms with Crippen LogP contribution in [0.3, 0.4) is 0 Å². The van der Waals surface area contributed by atoms with Crippen LogP contribution in [0.25, 0.3) is 0 Å². The molecular formula is C18H21ClN4O3. The molecule has 8 heteroatoms. The molecular weight excluding hydrogens is 356 g/mol. The Morgan fingerprint density at radius 2 is 1.85 bits per heavy atom. The summed E-state index contributed by atoms with van der Waals surface area (Å²) in [6.07, 6.45) is 0. The standard InChI is InChI=1S/C18H21ClN4O3/c1-23(2)10-9-20-17(24)14-5-4-6-15(22-14)18(25)21-12-7-8-16(26-3)13(19)11-12/h4-8,11H,9-10H2,1-3H3,(H,20,24)(H,21,25). The Kier molecular flexibility index (Phi) is 6.94. The van der Waals surface area contributed by atoms with Crippen molar-refractivity contribution in [2.75, 3.05) is 39.6 Å². The van der Waals surface area contributed by atoms with Crippen molar-refractivity contribution in [2.24, 2.45) is 0 Å². The van der Waals surface area contributed by atoms with Crippen LogP contribution < -0.4 is 15.4 Å². The Bertz CT molecular complexity index is 796. The fourth-order valence-corrected chi connectivity index (χ4v) is 2.37. The summed E-state index contributed by atoms with van der Waals surface area (Å²) in [5, 5.41) is 5.84. The van der Waals surface area contributed by atoms with Gasteiger partial charge in [-0.1, -0.05) is 17.7 Å². The van der Waals surface area contributed by atoms with Crippen molar-refractivity contribution in [1.29, 1.82) is 0 Å². The molecule has 0 radical (unpaired) electrons. The number of hydrogen-bond acceptors (Lipinski definition) is 5. The number of nitrogens with zero attached hydrogens (tertiary/aromatic N) is 2. The Balaban J connectivity index is 2.05. The molecule has 2 amide bonds. The average molecular weight is 377 g/mol. The average Bonchev–Trinajstić information content (AvgIpc) is 2.61. The number of likely N-dealkylation sites (N-methyl/N-ethyl adjacent to an activating group) is 1. The number of carbonyl (C=O) groups is 2. The topological polar surface area (TPSA) is 83.6 Å². The summed E-state index contributed by atoms with van der Waals surface area (Å²) in [5.74, 6) is -0.248. The molecule has 0 aliphatic carbocycles. The molecule has 2 aromatic rings. The Hall–Kier alpha value is -2.64. The van der Waals surface area contributed by atoms with Crippen LogP contribution in [-0.2, 0) is 0 Å². The van der Waals surface area contributed by atoms with E-state index in [9.17, 15) is 9.59 Å². The summed E-state index contributed by atoms with van der Waals surface area (Å²) in [6.45, 7) is 1.21. The second-order valence-electron chi connectivity index (χ2n) is 5.77. The molecule has 0 bridgehead atoms. The van der Waals surface area contributed by atoms with E-state index in [0.29, 0.717) is 29.5 Å². The zero-order valence-corrected chi connectivity index (χ0v) is 15.6. The zero-order chi connectivity index (χ0) is 19.1. The van der Waals surface area contributed by atoms with Crippen LogP contribution in [0.2, 0.25) is 5.02 Å². The summed E-state index contributed by atoms with van der Waals surface area (Å²) in [4.78, 5) is 30.6. The molecule has 7 nitrogen and oxygen atoms in total. The fourth-order valence-electron chi connectivity index (χ4n) is 2.11. The van der Waals surface area contributed by atoms with E-state index in [1.165, 1.54) is 13.2 Å². The summed E-state index contributed by atoms with van der Waals surface area (Å²) in [7, 11) is 5.35. The van der Waals surface area contributed by atoms with Gasteiger partial charge in [0.05, 0.1) is 12.1 Å². The third-order valence-corrected chi connectivity index (χ3v) is 3.76. The predicted octanol–water partition coefficient (Wildman–Crippen LogP) is 2.29. The van der Waals surface area contributed by atoms with Crippen molar-refractivity contribution in [3.8, 4) is 5.75 Å². The number of rotatable bonds is 7. The number of pyridine rings is 1. The van der Waals surface area contributed by atoms with Gasteiger partial charge < -0.3 is 20.3 Å². The second-order valence-corrected chi connectivity index (χ2v) is 6.18. The predicted molar refractivity (Wildman–Crippen MR) is 101 cm³/mol. The molecule has 1 heterocycles. The smallest absolute Gasteiger partial charge is 0.274 e. The number of methoxy groups -OCH3 is 1. The highest BCUT2D eigenvalue weighted by Gasteiger charge is 2.13. The number of benzene rings is 1. The van der Waals surface area contributed by atoms with E-state index in [1.807, 2.05) is 19.0 Å². The van der Waals surface area contributed by atoms with Crippen molar-refractivity contribution < 1.29 is 14.3 Å². The largest absolute Gasteiger partial charge is 0.495 e. The number of hydrogen-bond donors (Lipinski definition) is 2. The van der Waals surface area contributed by atoms with Gasteiger partial charge >= 0.3 is 0 Å². The van der Waals surface area contributed by atoms with Crippen molar-refractivity contribution >= 4 is 29.1 Å². The van der Waals surface area contributed by atoms with E-state index < -0.39 is 5.91 Å². The minimum Gasteiger partial charge on any atom is -0.495 e. The number of anilines is 1. The van der Waals surface area contributed by atoms with E-state index >= 15 is 0 Å². The normalized spacial score (nSPS) is 10.5. The number of aromatic nitrogens is 1. The minimum absolute atomic E-state index is 0.136. The maximum absolute atomic E-state index is 12.4. The third-order valence-electron chi connectivity index (χ3n) is 3.47. The molecule has 0 saturated heterocycles. The Morgan fingerprint density at radius 1 is 1.15 bits per heavy atom. The van der Waals surface area contributed by atoms with Crippen molar-refractivity contribution in [1.82, 2.24) is 15.2 Å². The van der Waals surface area contributed by atoms with Gasteiger partial charge in [-0.2, -0.15) is 0 Å². The van der Waals surface area contributed by atoms with Gasteiger partial charge in [0, 0.05) is 18.8 Å². The van der Waals surface area contributed by atoms with E-state index in [-0.39, 0.29) is 17.3 Å². The molecule has 26 heavy (non-hydrogen) atoms. The lowest BCUT2D eigenvalue weighted by atomic mass is 10.2. The van der Waals surface area contributed by atoms with Crippen molar-refractivity contribution in [3.05, 3.63) is 52.8 Å². The van der Waals surface area contributed by atoms with E-state index in [1.54, 1.807) is 30.3 Å². The Morgan fingerprint density at radius 3 is 2.46 bits per heavy atom. The number of halogens is 1. The van der Waals surface area contributed by atoms with E-state index in [0.717, 1.165) is 0 Å². The van der Waals surface area contributed by atoms with Gasteiger partial charge in [-0.25, -0.2) is 4.98 Å². The first-order valence-corrected chi connectivity index (χ1v) is 8.33. The summed E-state index contributed by atoms with van der Waals surface area (Å²) in [6, 6.07) is 9.61. The van der Waals surface area contributed by atoms with Crippen LogP contribution in [0.4, 0.5) is 5.69 Å². The van der Waals surface area contributed by atoms with E-state index in [2.05, 4.69) is 15.6 Å². The van der Waals surface area contributed by atoms with Gasteiger partial charge in [0.15, 0.2) is 0 Å². The van der Waals surface area contributed by atoms with Crippen molar-refractivity contribution in [3.63, 3.8) is 0 Å². The highest BCUT2D eigenvalue weighted by molar-refractivity contribution is 6.32. The molecule has 0 atom stereocenters. The molecule has 0 aliphatic rings. The molecule has 1 aromatic carbocycles. The minimum atomic E-state index is -0.436. The van der Waals surface area contributed by atoms with Gasteiger partial charge in [-0.3, -0.25) is 9.59 Å². The van der Waals surface area contributed by atoms with Gasteiger partial charge in [-0.05, 0) is 44.4 Å². The molecule has 0 fully saturated rings. The molecule has 0 spiro atoms. The summed E-state index contributed by atoms with van der Waals surface area (Å²) >= 11 is 6.05. The molecule has 0 unspecified atom stereocenters. The Labute approximate surface area is 157 Å². The molecule has 2 N–H and O–H groups in total. The highest BCUT2D eigenvalue weighted by atomic mass is 35.5. The first-order valence-electron chi connectivity index (χ1n) is 7.95. The molecule has 0 aliphatic heterocycles. The maximum Gasteiger partial charge on any atom is 0.274 e. The van der Waals surface area contributed by atoms with E-state index in [4.69, 9.17) is 16.3 Å². The SMILES string of the molecule is COc1ccc(NC(=O)c2cccc(C(=O)NCCN(C)C)n2)cc1Cl. The fraction of sp³-hybridized carbons (Fsp3) is 0.278. The van der Waals surface area contributed by atoms with Crippen LogP contribution in [0, 0.1) is 0 Å². The van der Waals surface area contributed by atoms with Gasteiger partial charge in [0.25, 0.3) is 11.8 Å². The second kappa shape index (κ2) is 9.17. The number of nitrogens with one attached hydrogen (secondary N) is 2. The van der Waals surface area contributed by atoms with Crippen LogP contribution in [-0.4, -0.2) is 56.0 Å². The first-order chi connectivity index (χ1) is 12.4. The van der Waals surface area contributed by atoms with Crippen molar-refractivity contribution in [2.45, 2.75) is 0 Å². The monoisotopic (exact) mass is 376 g/mol. The van der Waals surface area contributed by atoms with Gasteiger partial charge in [0.1, 0.15) is 17.1 Å². The molecule has 138 valence electrons. The van der Waals surface area contributed by atoms with Gasteiger partial charge in [-0.15, -0.1) is 0 Å². The number of ether oxygens (including phenoxy) is 1. The zero-order valence-electron chi connectivity index (χ0n) is 14.9. The quantitative estimate of drug-likeness (QED) is 0.774. The molecule has 2 rings (SSSR count). The summed E-state index contributed by atoms with van der Waals surface area (Å²) < 4.78 is 5.07. The summed E-state index contributed by atoms with van der Waals surface area (Å²) in [5.41, 5.74) is 0.824. The number of carbonyl (C=O) groups excluding carboxylic acids is 2. The molecule has 1 aromatic heterocycles. The maximum atomic E-state index is 12.4. The lowest BCUT2D eigenvalue weighted by Crippen LogP contribution is -2.32. The molecule has 0 saturated carbocycles. The third kappa shape index (κ3) is 5.44. The lowest BCUT2D eigenvalue weighted by molar-refractivity contribution is 0.0946. The van der Waals surface area contributed by atoms with Gasteiger partial charge in [0.2, 0.25) is 0 Å². The van der Waals surface area contributed by atoms with Crippen LogP contribution >= 0.6 is 11.6 Å². The first kappa shape index (κ1) is 19.7. The van der Waals surface area contributed by atoms with Crippen LogP contribution in [0.5, 0.6) is 5.75 Å². The highest BCUT2D eigenvalue weighted by Crippen LogP contribution is 2.27. The van der Waals surface area contributed by atoms with Crippen LogP contribution in [0.15, 0.2) is 36.4 Å². The lowest BCUT2D eigenvalue weighted by Gasteiger charge is -2.11. The number of amides is 2. The van der Waals surface area contributed by atoms with Crippen LogP contribution in [0.1, 0.15) is 21.0 Å².